The number of piperazine rings is 1. The van der Waals surface area contributed by atoms with E-state index in [1.165, 1.54) is 23.9 Å². The first-order valence-corrected chi connectivity index (χ1v) is 9.32. The van der Waals surface area contributed by atoms with E-state index in [2.05, 4.69) is 22.3 Å². The summed E-state index contributed by atoms with van der Waals surface area (Å²) in [6.45, 7) is 3.49. The molecular weight excluding hydrogens is 368 g/mol. The molecule has 0 aliphatic carbocycles. The minimum absolute atomic E-state index is 0.0174. The fourth-order valence-corrected chi connectivity index (χ4v) is 3.13. The smallest absolute Gasteiger partial charge is 0.335 e. The second kappa shape index (κ2) is 9.53. The summed E-state index contributed by atoms with van der Waals surface area (Å²) in [6.07, 6.45) is 1.37. The molecule has 148 valence electrons. The standard InChI is InChI=1S/C22H22N4O3/c23-14-19(15-24-20-8-6-18(7-9-20)22(28)29)21(27)26-12-10-25(11-13-26)16-17-4-2-1-3-5-17/h1-9,15,24H,10-13,16H2,(H,28,29)/b19-15-. The second-order valence-electron chi connectivity index (χ2n) is 6.75. The number of benzene rings is 2. The molecule has 0 spiro atoms. The van der Waals surface area contributed by atoms with Gasteiger partial charge in [0.15, 0.2) is 0 Å². The van der Waals surface area contributed by atoms with Crippen LogP contribution in [0.4, 0.5) is 5.69 Å². The molecule has 2 N–H and O–H groups in total. The molecule has 1 heterocycles. The summed E-state index contributed by atoms with van der Waals surface area (Å²) < 4.78 is 0. The van der Waals surface area contributed by atoms with Crippen LogP contribution in [-0.4, -0.2) is 53.0 Å². The van der Waals surface area contributed by atoms with Gasteiger partial charge in [-0.3, -0.25) is 9.69 Å². The Hall–Kier alpha value is -3.63. The third-order valence-electron chi connectivity index (χ3n) is 4.77. The Kier molecular flexibility index (Phi) is 6.61. The highest BCUT2D eigenvalue weighted by atomic mass is 16.4. The number of hydrogen-bond acceptors (Lipinski definition) is 5. The number of carboxylic acids is 1. The maximum Gasteiger partial charge on any atom is 0.335 e. The highest BCUT2D eigenvalue weighted by Gasteiger charge is 2.23. The van der Waals surface area contributed by atoms with E-state index in [4.69, 9.17) is 5.11 Å². The van der Waals surface area contributed by atoms with Gasteiger partial charge in [0.1, 0.15) is 11.6 Å². The first kappa shape index (κ1) is 20.1. The summed E-state index contributed by atoms with van der Waals surface area (Å²) in [6, 6.07) is 18.2. The maximum absolute atomic E-state index is 12.7. The molecule has 0 radical (unpaired) electrons. The van der Waals surface area contributed by atoms with Crippen LogP contribution in [0.3, 0.4) is 0 Å². The number of carbonyl (C=O) groups is 2. The molecule has 2 aromatic rings. The Balaban J connectivity index is 1.55. The number of aromatic carboxylic acids is 1. The van der Waals surface area contributed by atoms with E-state index < -0.39 is 5.97 Å². The van der Waals surface area contributed by atoms with Crippen molar-refractivity contribution in [3.63, 3.8) is 0 Å². The Morgan fingerprint density at radius 1 is 1.03 bits per heavy atom. The van der Waals surface area contributed by atoms with Gasteiger partial charge in [-0.25, -0.2) is 4.79 Å². The van der Waals surface area contributed by atoms with Gasteiger partial charge in [-0.05, 0) is 29.8 Å². The largest absolute Gasteiger partial charge is 0.478 e. The van der Waals surface area contributed by atoms with Gasteiger partial charge in [-0.1, -0.05) is 30.3 Å². The van der Waals surface area contributed by atoms with Crippen molar-refractivity contribution in [2.45, 2.75) is 6.54 Å². The van der Waals surface area contributed by atoms with Crippen molar-refractivity contribution in [3.8, 4) is 6.07 Å². The Bertz CT molecular complexity index is 925. The lowest BCUT2D eigenvalue weighted by molar-refractivity contribution is -0.128. The number of nitriles is 1. The number of amides is 1. The first-order chi connectivity index (χ1) is 14.1. The molecule has 0 atom stereocenters. The lowest BCUT2D eigenvalue weighted by atomic mass is 10.2. The highest BCUT2D eigenvalue weighted by molar-refractivity contribution is 5.97. The fraction of sp³-hybridized carbons (Fsp3) is 0.227. The minimum Gasteiger partial charge on any atom is -0.478 e. The quantitative estimate of drug-likeness (QED) is 0.581. The Morgan fingerprint density at radius 3 is 2.28 bits per heavy atom. The maximum atomic E-state index is 12.7. The zero-order chi connectivity index (χ0) is 20.6. The van der Waals surface area contributed by atoms with Crippen LogP contribution in [0.5, 0.6) is 0 Å². The minimum atomic E-state index is -1.01. The topological polar surface area (TPSA) is 96.7 Å². The number of anilines is 1. The van der Waals surface area contributed by atoms with Crippen molar-refractivity contribution in [2.75, 3.05) is 31.5 Å². The third-order valence-corrected chi connectivity index (χ3v) is 4.77. The molecule has 29 heavy (non-hydrogen) atoms. The van der Waals surface area contributed by atoms with E-state index in [-0.39, 0.29) is 17.0 Å². The van der Waals surface area contributed by atoms with Crippen molar-refractivity contribution in [1.82, 2.24) is 9.80 Å². The predicted molar refractivity (Wildman–Crippen MR) is 109 cm³/mol. The van der Waals surface area contributed by atoms with Crippen LogP contribution in [-0.2, 0) is 11.3 Å². The molecule has 3 rings (SSSR count). The van der Waals surface area contributed by atoms with Gasteiger partial charge < -0.3 is 15.3 Å². The molecule has 7 nitrogen and oxygen atoms in total. The van der Waals surface area contributed by atoms with Crippen LogP contribution in [0.25, 0.3) is 0 Å². The number of nitrogens with zero attached hydrogens (tertiary/aromatic N) is 3. The summed E-state index contributed by atoms with van der Waals surface area (Å²) in [4.78, 5) is 27.5. The van der Waals surface area contributed by atoms with Crippen LogP contribution in [0.15, 0.2) is 66.4 Å². The average Bonchev–Trinajstić information content (AvgIpc) is 2.75. The van der Waals surface area contributed by atoms with Crippen molar-refractivity contribution in [2.24, 2.45) is 0 Å². The van der Waals surface area contributed by atoms with Crippen molar-refractivity contribution >= 4 is 17.6 Å². The van der Waals surface area contributed by atoms with Gasteiger partial charge in [0.05, 0.1) is 5.56 Å². The monoisotopic (exact) mass is 390 g/mol. The third kappa shape index (κ3) is 5.43. The molecule has 1 aliphatic heterocycles. The molecule has 1 aliphatic rings. The van der Waals surface area contributed by atoms with Gasteiger partial charge in [0, 0.05) is 44.6 Å². The zero-order valence-electron chi connectivity index (χ0n) is 15.9. The summed E-state index contributed by atoms with van der Waals surface area (Å²) in [5.74, 6) is -1.31. The van der Waals surface area contributed by atoms with Crippen LogP contribution < -0.4 is 5.32 Å². The highest BCUT2D eigenvalue weighted by Crippen LogP contribution is 2.13. The lowest BCUT2D eigenvalue weighted by Crippen LogP contribution is -2.48. The van der Waals surface area contributed by atoms with Crippen molar-refractivity contribution in [3.05, 3.63) is 77.5 Å². The van der Waals surface area contributed by atoms with Crippen molar-refractivity contribution in [1.29, 1.82) is 5.26 Å². The van der Waals surface area contributed by atoms with E-state index in [1.807, 2.05) is 24.3 Å². The van der Waals surface area contributed by atoms with Gasteiger partial charge in [-0.2, -0.15) is 5.26 Å². The van der Waals surface area contributed by atoms with E-state index in [9.17, 15) is 14.9 Å². The van der Waals surface area contributed by atoms with Crippen LogP contribution in [0.1, 0.15) is 15.9 Å². The number of carbonyl (C=O) groups excluding carboxylic acids is 1. The molecular formula is C22H22N4O3. The normalized spacial score (nSPS) is 14.9. The molecule has 0 unspecified atom stereocenters. The molecule has 7 heteroatoms. The van der Waals surface area contributed by atoms with E-state index in [1.54, 1.807) is 17.0 Å². The van der Waals surface area contributed by atoms with Crippen LogP contribution >= 0.6 is 0 Å². The van der Waals surface area contributed by atoms with Gasteiger partial charge in [0.25, 0.3) is 5.91 Å². The van der Waals surface area contributed by atoms with Gasteiger partial charge in [-0.15, -0.1) is 0 Å². The molecule has 1 amide bonds. The van der Waals surface area contributed by atoms with E-state index >= 15 is 0 Å². The Labute approximate surface area is 169 Å². The number of rotatable bonds is 6. The zero-order valence-corrected chi connectivity index (χ0v) is 15.9. The number of carboxylic acid groups (broad SMARTS) is 1. The number of hydrogen-bond donors (Lipinski definition) is 2. The molecule has 2 aromatic carbocycles. The summed E-state index contributed by atoms with van der Waals surface area (Å²) in [7, 11) is 0. The van der Waals surface area contributed by atoms with Gasteiger partial charge >= 0.3 is 5.97 Å². The van der Waals surface area contributed by atoms with Crippen LogP contribution in [0, 0.1) is 11.3 Å². The van der Waals surface area contributed by atoms with Crippen LogP contribution in [0.2, 0.25) is 0 Å². The SMILES string of the molecule is N#C/C(=C/Nc1ccc(C(=O)O)cc1)C(=O)N1CCN(Cc2ccccc2)CC1. The first-order valence-electron chi connectivity index (χ1n) is 9.32. The molecule has 0 saturated carbocycles. The molecule has 1 fully saturated rings. The number of nitrogens with one attached hydrogen (secondary N) is 1. The van der Waals surface area contributed by atoms with E-state index in [0.717, 1.165) is 19.6 Å². The summed E-state index contributed by atoms with van der Waals surface area (Å²) in [5, 5.41) is 21.2. The molecule has 1 saturated heterocycles. The predicted octanol–water partition coefficient (Wildman–Crippen LogP) is 2.55. The lowest BCUT2D eigenvalue weighted by Gasteiger charge is -2.34. The van der Waals surface area contributed by atoms with Crippen molar-refractivity contribution < 1.29 is 14.7 Å². The second-order valence-corrected chi connectivity index (χ2v) is 6.75. The fourth-order valence-electron chi connectivity index (χ4n) is 3.13. The average molecular weight is 390 g/mol. The molecule has 0 bridgehead atoms. The summed E-state index contributed by atoms with van der Waals surface area (Å²) >= 11 is 0. The Morgan fingerprint density at radius 2 is 1.69 bits per heavy atom. The summed E-state index contributed by atoms with van der Waals surface area (Å²) in [5.41, 5.74) is 2.03. The van der Waals surface area contributed by atoms with Gasteiger partial charge in [0.2, 0.25) is 0 Å². The molecule has 0 aromatic heterocycles. The van der Waals surface area contributed by atoms with E-state index in [0.29, 0.717) is 18.8 Å².